The van der Waals surface area contributed by atoms with Crippen LogP contribution in [0, 0.1) is 0 Å². The van der Waals surface area contributed by atoms with E-state index in [1.165, 1.54) is 37.2 Å². The summed E-state index contributed by atoms with van der Waals surface area (Å²) >= 11 is 8.13. The molecule has 0 saturated heterocycles. The minimum absolute atomic E-state index is 1.19. The topological polar surface area (TPSA) is 0 Å². The highest BCUT2D eigenvalue weighted by atomic mass is 33.1. The molecule has 0 spiro atoms. The summed E-state index contributed by atoms with van der Waals surface area (Å²) in [5.74, 6) is 2.38. The Morgan fingerprint density at radius 3 is 1.40 bits per heavy atom. The first-order valence-electron chi connectivity index (χ1n) is 3.44. The van der Waals surface area contributed by atoms with Crippen LogP contribution in [0.5, 0.6) is 0 Å². The van der Waals surface area contributed by atoms with Crippen molar-refractivity contribution in [1.29, 1.82) is 0 Å². The summed E-state index contributed by atoms with van der Waals surface area (Å²) in [4.78, 5) is 0. The molecule has 0 aliphatic rings. The van der Waals surface area contributed by atoms with Gasteiger partial charge in [0.2, 0.25) is 0 Å². The van der Waals surface area contributed by atoms with E-state index in [0.29, 0.717) is 0 Å². The van der Waals surface area contributed by atoms with Gasteiger partial charge in [-0.25, -0.2) is 0 Å². The van der Waals surface area contributed by atoms with E-state index >= 15 is 0 Å². The van der Waals surface area contributed by atoms with Crippen molar-refractivity contribution in [3.05, 3.63) is 0 Å². The fourth-order valence-electron chi connectivity index (χ4n) is 0.687. The molecule has 0 atom stereocenters. The summed E-state index contributed by atoms with van der Waals surface area (Å²) in [6, 6.07) is 0. The van der Waals surface area contributed by atoms with Gasteiger partial charge in [-0.1, -0.05) is 34.4 Å². The maximum atomic E-state index is 4.06. The molecule has 0 saturated carbocycles. The molecular formula is C6H14S4. The monoisotopic (exact) mass is 214 g/mol. The van der Waals surface area contributed by atoms with Gasteiger partial charge in [-0.15, -0.1) is 23.3 Å². The van der Waals surface area contributed by atoms with Gasteiger partial charge < -0.3 is 0 Å². The smallest absolute Gasteiger partial charge is 0.00345 e. The average molecular weight is 214 g/mol. The Labute approximate surface area is 81.9 Å². The number of hydrogen-bond acceptors (Lipinski definition) is 4. The maximum Gasteiger partial charge on any atom is 0.00345 e. The van der Waals surface area contributed by atoms with Gasteiger partial charge in [0.1, 0.15) is 0 Å². The van der Waals surface area contributed by atoms with Crippen molar-refractivity contribution in [2.75, 3.05) is 11.5 Å². The van der Waals surface area contributed by atoms with E-state index in [0.717, 1.165) is 0 Å². The zero-order valence-electron chi connectivity index (χ0n) is 5.95. The van der Waals surface area contributed by atoms with Crippen LogP contribution in [-0.4, -0.2) is 11.5 Å². The Bertz CT molecular complexity index is 49.7. The van der Waals surface area contributed by atoms with Crippen molar-refractivity contribution < 1.29 is 0 Å². The van der Waals surface area contributed by atoms with Gasteiger partial charge in [0.05, 0.1) is 0 Å². The Morgan fingerprint density at radius 2 is 1.10 bits per heavy atom. The highest BCUT2D eigenvalue weighted by molar-refractivity contribution is 8.68. The lowest BCUT2D eigenvalue weighted by Crippen LogP contribution is -1.81. The molecule has 0 aliphatic carbocycles. The van der Waals surface area contributed by atoms with Crippen molar-refractivity contribution in [2.45, 2.75) is 25.7 Å². The molecule has 62 valence electrons. The second kappa shape index (κ2) is 10.4. The van der Waals surface area contributed by atoms with E-state index in [1.807, 2.05) is 0 Å². The predicted octanol–water partition coefficient (Wildman–Crippen LogP) is 3.70. The van der Waals surface area contributed by atoms with Crippen molar-refractivity contribution in [1.82, 2.24) is 0 Å². The van der Waals surface area contributed by atoms with Crippen molar-refractivity contribution in [2.24, 2.45) is 0 Å². The summed E-state index contributed by atoms with van der Waals surface area (Å²) in [5.41, 5.74) is 0. The molecule has 0 aliphatic heterocycles. The van der Waals surface area contributed by atoms with E-state index in [1.54, 1.807) is 21.6 Å². The zero-order chi connectivity index (χ0) is 7.66. The molecule has 0 unspecified atom stereocenters. The highest BCUT2D eigenvalue weighted by Gasteiger charge is 1.88. The Hall–Kier alpha value is 1.40. The van der Waals surface area contributed by atoms with Gasteiger partial charge in [-0.3, -0.25) is 0 Å². The largest absolute Gasteiger partial charge is 0.111 e. The molecule has 0 heterocycles. The average Bonchev–Trinajstić information content (AvgIpc) is 1.97. The summed E-state index contributed by atoms with van der Waals surface area (Å²) in [5, 5.41) is 0. The fourth-order valence-corrected chi connectivity index (χ4v) is 2.13. The summed E-state index contributed by atoms with van der Waals surface area (Å²) in [7, 11) is 3.28. The highest BCUT2D eigenvalue weighted by Crippen LogP contribution is 2.13. The molecule has 0 fully saturated rings. The SMILES string of the molecule is SSCCCCCCSS. The van der Waals surface area contributed by atoms with Gasteiger partial charge in [0.25, 0.3) is 0 Å². The molecule has 4 heteroatoms. The van der Waals surface area contributed by atoms with Crippen LogP contribution in [0.1, 0.15) is 25.7 Å². The Kier molecular flexibility index (Phi) is 11.9. The fraction of sp³-hybridized carbons (Fsp3) is 1.00. The minimum Gasteiger partial charge on any atom is -0.111 e. The van der Waals surface area contributed by atoms with Crippen LogP contribution in [0.2, 0.25) is 0 Å². The van der Waals surface area contributed by atoms with Crippen LogP contribution in [0.25, 0.3) is 0 Å². The number of thiol groups is 2. The third-order valence-electron chi connectivity index (χ3n) is 1.22. The minimum atomic E-state index is 1.19. The Balaban J connectivity index is 2.65. The summed E-state index contributed by atoms with van der Waals surface area (Å²) < 4.78 is 0. The van der Waals surface area contributed by atoms with Gasteiger partial charge in [0, 0.05) is 11.5 Å². The first-order valence-corrected chi connectivity index (χ1v) is 7.52. The van der Waals surface area contributed by atoms with Crippen molar-refractivity contribution >= 4 is 44.9 Å². The van der Waals surface area contributed by atoms with Crippen LogP contribution in [0.4, 0.5) is 0 Å². The molecule has 0 aromatic rings. The lowest BCUT2D eigenvalue weighted by atomic mass is 10.2. The lowest BCUT2D eigenvalue weighted by Gasteiger charge is -1.96. The van der Waals surface area contributed by atoms with Crippen LogP contribution in [0.15, 0.2) is 0 Å². The van der Waals surface area contributed by atoms with Gasteiger partial charge in [-0.05, 0) is 12.8 Å². The molecule has 0 nitrogen and oxygen atoms in total. The second-order valence-electron chi connectivity index (χ2n) is 2.08. The molecule has 0 radical (unpaired) electrons. The number of hydrogen-bond donors (Lipinski definition) is 2. The normalized spacial score (nSPS) is 10.2. The standard InChI is InChI=1S/C6H14S4/c7-9-5-3-1-2-4-6-10-8/h7-8H,1-6H2. The maximum absolute atomic E-state index is 4.06. The van der Waals surface area contributed by atoms with Crippen molar-refractivity contribution in [3.63, 3.8) is 0 Å². The predicted molar refractivity (Wildman–Crippen MR) is 61.4 cm³/mol. The lowest BCUT2D eigenvalue weighted by molar-refractivity contribution is 0.712. The van der Waals surface area contributed by atoms with E-state index < -0.39 is 0 Å². The van der Waals surface area contributed by atoms with Gasteiger partial charge >= 0.3 is 0 Å². The molecule has 0 aromatic heterocycles. The third-order valence-corrected chi connectivity index (χ3v) is 3.26. The van der Waals surface area contributed by atoms with E-state index in [2.05, 4.69) is 23.3 Å². The van der Waals surface area contributed by atoms with E-state index in [-0.39, 0.29) is 0 Å². The number of rotatable bonds is 7. The van der Waals surface area contributed by atoms with Crippen LogP contribution in [0.3, 0.4) is 0 Å². The molecule has 0 bridgehead atoms. The third kappa shape index (κ3) is 9.40. The molecule has 10 heavy (non-hydrogen) atoms. The molecule has 0 rings (SSSR count). The van der Waals surface area contributed by atoms with E-state index in [9.17, 15) is 0 Å². The molecule has 0 N–H and O–H groups in total. The number of unbranched alkanes of at least 4 members (excludes halogenated alkanes) is 3. The van der Waals surface area contributed by atoms with Crippen molar-refractivity contribution in [3.8, 4) is 0 Å². The first-order chi connectivity index (χ1) is 4.91. The van der Waals surface area contributed by atoms with Crippen LogP contribution in [-0.2, 0) is 0 Å². The van der Waals surface area contributed by atoms with Crippen LogP contribution >= 0.6 is 44.9 Å². The molecular weight excluding hydrogens is 200 g/mol. The zero-order valence-corrected chi connectivity index (χ0v) is 9.38. The molecule has 0 aromatic carbocycles. The Morgan fingerprint density at radius 1 is 0.700 bits per heavy atom. The quantitative estimate of drug-likeness (QED) is 0.377. The first kappa shape index (κ1) is 11.4. The summed E-state index contributed by atoms with van der Waals surface area (Å²) in [6.45, 7) is 0. The van der Waals surface area contributed by atoms with E-state index in [4.69, 9.17) is 0 Å². The summed E-state index contributed by atoms with van der Waals surface area (Å²) in [6.07, 6.45) is 5.32. The van der Waals surface area contributed by atoms with Gasteiger partial charge in [-0.2, -0.15) is 0 Å². The molecule has 0 amide bonds. The van der Waals surface area contributed by atoms with Gasteiger partial charge in [0.15, 0.2) is 0 Å². The second-order valence-corrected chi connectivity index (χ2v) is 4.96. The van der Waals surface area contributed by atoms with Crippen LogP contribution < -0.4 is 0 Å².